The summed E-state index contributed by atoms with van der Waals surface area (Å²) in [4.78, 5) is 2.35. The van der Waals surface area contributed by atoms with E-state index in [2.05, 4.69) is 17.9 Å². The quantitative estimate of drug-likeness (QED) is 0.785. The van der Waals surface area contributed by atoms with Crippen LogP contribution in [0.5, 0.6) is 0 Å². The lowest BCUT2D eigenvalue weighted by atomic mass is 10.1. The average molecular weight is 274 g/mol. The minimum absolute atomic E-state index is 0.128. The maximum atomic E-state index is 6.17. The Morgan fingerprint density at radius 1 is 1.35 bits per heavy atom. The number of halogens is 2. The first kappa shape index (κ1) is 13.2. The highest BCUT2D eigenvalue weighted by molar-refractivity contribution is 6.31. The standard InChI is InChI=1S/C13H17Cl2NO/c1-10-7-16(9-12(6-14)17-10)8-11-4-2-3-5-13(11)15/h2-5,10,12H,6-9H2,1H3. The zero-order chi connectivity index (χ0) is 12.3. The van der Waals surface area contributed by atoms with Gasteiger partial charge in [0.25, 0.3) is 0 Å². The van der Waals surface area contributed by atoms with Crippen molar-refractivity contribution in [1.29, 1.82) is 0 Å². The topological polar surface area (TPSA) is 12.5 Å². The SMILES string of the molecule is CC1CN(Cc2ccccc2Cl)CC(CCl)O1. The van der Waals surface area contributed by atoms with Gasteiger partial charge in [-0.05, 0) is 18.6 Å². The maximum absolute atomic E-state index is 6.17. The van der Waals surface area contributed by atoms with E-state index < -0.39 is 0 Å². The molecule has 2 nitrogen and oxygen atoms in total. The van der Waals surface area contributed by atoms with Crippen LogP contribution < -0.4 is 0 Å². The van der Waals surface area contributed by atoms with Gasteiger partial charge in [0.05, 0.1) is 12.2 Å². The van der Waals surface area contributed by atoms with Crippen molar-refractivity contribution in [2.45, 2.75) is 25.7 Å². The van der Waals surface area contributed by atoms with Crippen molar-refractivity contribution >= 4 is 23.2 Å². The molecule has 1 fully saturated rings. The molecule has 0 saturated carbocycles. The van der Waals surface area contributed by atoms with Crippen LogP contribution in [0.25, 0.3) is 0 Å². The van der Waals surface area contributed by atoms with Gasteiger partial charge >= 0.3 is 0 Å². The van der Waals surface area contributed by atoms with Crippen molar-refractivity contribution in [1.82, 2.24) is 4.90 Å². The van der Waals surface area contributed by atoms with Crippen LogP contribution in [0.3, 0.4) is 0 Å². The van der Waals surface area contributed by atoms with Crippen molar-refractivity contribution in [3.63, 3.8) is 0 Å². The molecule has 0 bridgehead atoms. The molecule has 2 rings (SSSR count). The molecule has 0 aliphatic carbocycles. The van der Waals surface area contributed by atoms with Crippen LogP contribution >= 0.6 is 23.2 Å². The Bertz CT molecular complexity index is 372. The van der Waals surface area contributed by atoms with Gasteiger partial charge in [0.2, 0.25) is 0 Å². The Balaban J connectivity index is 2.01. The number of morpholine rings is 1. The molecule has 0 amide bonds. The third-order valence-corrected chi connectivity index (χ3v) is 3.64. The first-order valence-corrected chi connectivity index (χ1v) is 6.77. The molecule has 0 radical (unpaired) electrons. The number of rotatable bonds is 3. The van der Waals surface area contributed by atoms with E-state index in [1.807, 2.05) is 18.2 Å². The lowest BCUT2D eigenvalue weighted by molar-refractivity contribution is -0.0688. The zero-order valence-electron chi connectivity index (χ0n) is 9.90. The predicted molar refractivity (Wildman–Crippen MR) is 71.8 cm³/mol. The Labute approximate surface area is 112 Å². The maximum Gasteiger partial charge on any atom is 0.0841 e. The van der Waals surface area contributed by atoms with E-state index in [1.54, 1.807) is 0 Å². The Morgan fingerprint density at radius 3 is 2.82 bits per heavy atom. The Kier molecular flexibility index (Phi) is 4.69. The summed E-state index contributed by atoms with van der Waals surface area (Å²) >= 11 is 12.0. The summed E-state index contributed by atoms with van der Waals surface area (Å²) in [5.41, 5.74) is 1.16. The molecule has 1 saturated heterocycles. The van der Waals surface area contributed by atoms with Crippen LogP contribution in [0, 0.1) is 0 Å². The number of ether oxygens (including phenoxy) is 1. The van der Waals surface area contributed by atoms with Crippen LogP contribution in [0.2, 0.25) is 5.02 Å². The minimum atomic E-state index is 0.128. The Hall–Kier alpha value is -0.280. The van der Waals surface area contributed by atoms with Gasteiger partial charge < -0.3 is 4.74 Å². The molecule has 2 atom stereocenters. The fraction of sp³-hybridized carbons (Fsp3) is 0.538. The molecule has 1 aliphatic rings. The van der Waals surface area contributed by atoms with Crippen LogP contribution in [0.1, 0.15) is 12.5 Å². The largest absolute Gasteiger partial charge is 0.371 e. The van der Waals surface area contributed by atoms with E-state index in [9.17, 15) is 0 Å². The van der Waals surface area contributed by atoms with Crippen molar-refractivity contribution in [2.75, 3.05) is 19.0 Å². The van der Waals surface area contributed by atoms with E-state index in [1.165, 1.54) is 0 Å². The van der Waals surface area contributed by atoms with Crippen molar-refractivity contribution in [2.24, 2.45) is 0 Å². The second kappa shape index (κ2) is 6.05. The third-order valence-electron chi connectivity index (χ3n) is 2.93. The van der Waals surface area contributed by atoms with E-state index in [0.717, 1.165) is 30.2 Å². The lowest BCUT2D eigenvalue weighted by Gasteiger charge is -2.36. The average Bonchev–Trinajstić information content (AvgIpc) is 2.31. The summed E-state index contributed by atoms with van der Waals surface area (Å²) in [5.74, 6) is 0.545. The smallest absolute Gasteiger partial charge is 0.0841 e. The molecule has 17 heavy (non-hydrogen) atoms. The number of alkyl halides is 1. The molecule has 1 aromatic rings. The first-order chi connectivity index (χ1) is 8.19. The summed E-state index contributed by atoms with van der Waals surface area (Å²) in [6.45, 7) is 4.75. The van der Waals surface area contributed by atoms with Gasteiger partial charge in [-0.2, -0.15) is 0 Å². The first-order valence-electron chi connectivity index (χ1n) is 5.86. The highest BCUT2D eigenvalue weighted by Crippen LogP contribution is 2.20. The highest BCUT2D eigenvalue weighted by Gasteiger charge is 2.24. The predicted octanol–water partition coefficient (Wildman–Crippen LogP) is 3.17. The molecule has 1 aliphatic heterocycles. The van der Waals surface area contributed by atoms with Gasteiger partial charge in [-0.25, -0.2) is 0 Å². The minimum Gasteiger partial charge on any atom is -0.371 e. The molecule has 94 valence electrons. The molecule has 1 heterocycles. The summed E-state index contributed by atoms with van der Waals surface area (Å²) < 4.78 is 5.73. The fourth-order valence-electron chi connectivity index (χ4n) is 2.22. The van der Waals surface area contributed by atoms with Crippen LogP contribution in [0.15, 0.2) is 24.3 Å². The molecular weight excluding hydrogens is 257 g/mol. The van der Waals surface area contributed by atoms with Crippen LogP contribution in [-0.4, -0.2) is 36.1 Å². The number of hydrogen-bond acceptors (Lipinski definition) is 2. The third kappa shape index (κ3) is 3.59. The summed E-state index contributed by atoms with van der Waals surface area (Å²) in [5, 5.41) is 0.828. The zero-order valence-corrected chi connectivity index (χ0v) is 11.4. The molecule has 2 unspecified atom stereocenters. The summed E-state index contributed by atoms with van der Waals surface area (Å²) in [6, 6.07) is 7.97. The number of hydrogen-bond donors (Lipinski definition) is 0. The second-order valence-electron chi connectivity index (χ2n) is 4.51. The highest BCUT2D eigenvalue weighted by atomic mass is 35.5. The normalized spacial score (nSPS) is 26.1. The summed E-state index contributed by atoms with van der Waals surface area (Å²) in [7, 11) is 0. The monoisotopic (exact) mass is 273 g/mol. The van der Waals surface area contributed by atoms with Crippen LogP contribution in [-0.2, 0) is 11.3 Å². The fourth-order valence-corrected chi connectivity index (χ4v) is 2.59. The number of benzene rings is 1. The molecule has 4 heteroatoms. The van der Waals surface area contributed by atoms with E-state index in [4.69, 9.17) is 27.9 Å². The van der Waals surface area contributed by atoms with Gasteiger partial charge in [0.1, 0.15) is 0 Å². The van der Waals surface area contributed by atoms with Gasteiger partial charge in [-0.15, -0.1) is 11.6 Å². The van der Waals surface area contributed by atoms with Gasteiger partial charge in [-0.3, -0.25) is 4.90 Å². The van der Waals surface area contributed by atoms with Crippen LogP contribution in [0.4, 0.5) is 0 Å². The van der Waals surface area contributed by atoms with Crippen molar-refractivity contribution in [3.05, 3.63) is 34.9 Å². The van der Waals surface area contributed by atoms with Crippen molar-refractivity contribution < 1.29 is 4.74 Å². The van der Waals surface area contributed by atoms with Gasteiger partial charge in [-0.1, -0.05) is 29.8 Å². The van der Waals surface area contributed by atoms with E-state index in [-0.39, 0.29) is 12.2 Å². The van der Waals surface area contributed by atoms with E-state index >= 15 is 0 Å². The molecule has 0 aromatic heterocycles. The number of nitrogens with zero attached hydrogens (tertiary/aromatic N) is 1. The molecule has 0 spiro atoms. The van der Waals surface area contributed by atoms with E-state index in [0.29, 0.717) is 5.88 Å². The lowest BCUT2D eigenvalue weighted by Crippen LogP contribution is -2.46. The second-order valence-corrected chi connectivity index (χ2v) is 5.22. The van der Waals surface area contributed by atoms with Gasteiger partial charge in [0.15, 0.2) is 0 Å². The molecular formula is C13H17Cl2NO. The summed E-state index contributed by atoms with van der Waals surface area (Å²) in [6.07, 6.45) is 0.359. The van der Waals surface area contributed by atoms with Crippen molar-refractivity contribution in [3.8, 4) is 0 Å². The Morgan fingerprint density at radius 2 is 2.12 bits per heavy atom. The molecule has 1 aromatic carbocycles. The molecule has 0 N–H and O–H groups in total. The van der Waals surface area contributed by atoms with Gasteiger partial charge in [0, 0.05) is 30.5 Å².